The molecule has 0 fully saturated rings. The number of fused-ring (bicyclic) bond motifs is 1. The molecule has 0 aliphatic carbocycles. The van der Waals surface area contributed by atoms with Crippen LogP contribution in [0.4, 0.5) is 18.3 Å². The number of benzene rings is 2. The normalized spacial score (nSPS) is 13.5. The second kappa shape index (κ2) is 9.26. The summed E-state index contributed by atoms with van der Waals surface area (Å²) in [5, 5.41) is 3.66. The average Bonchev–Trinajstić information content (AvgIpc) is 3.18. The predicted octanol–water partition coefficient (Wildman–Crippen LogP) is 4.70. The number of halogens is 3. The number of anilines is 1. The van der Waals surface area contributed by atoms with Gasteiger partial charge in [0, 0.05) is 5.56 Å². The van der Waals surface area contributed by atoms with Crippen LogP contribution in [0.3, 0.4) is 0 Å². The summed E-state index contributed by atoms with van der Waals surface area (Å²) in [6.45, 7) is 3.98. The molecule has 2 N–H and O–H groups in total. The van der Waals surface area contributed by atoms with Gasteiger partial charge in [-0.2, -0.15) is 13.2 Å². The van der Waals surface area contributed by atoms with Crippen molar-refractivity contribution in [2.45, 2.75) is 31.6 Å². The van der Waals surface area contributed by atoms with E-state index in [1.54, 1.807) is 11.4 Å². The molecule has 1 heterocycles. The Morgan fingerprint density at radius 3 is 2.42 bits per heavy atom. The topological polar surface area (TPSA) is 89.5 Å². The lowest BCUT2D eigenvalue weighted by Gasteiger charge is -2.34. The maximum absolute atomic E-state index is 14.3. The van der Waals surface area contributed by atoms with Gasteiger partial charge in [-0.15, -0.1) is 0 Å². The van der Waals surface area contributed by atoms with Crippen LogP contribution in [0.25, 0.3) is 10.2 Å². The Hall–Kier alpha value is -3.34. The van der Waals surface area contributed by atoms with Gasteiger partial charge in [0.25, 0.3) is 5.91 Å². The fraction of sp³-hybridized carbons (Fsp3) is 0.318. The molecular weight excluding hydrogens is 459 g/mol. The molecule has 0 saturated heterocycles. The number of carbonyl (C=O) groups is 2. The molecule has 0 spiro atoms. The summed E-state index contributed by atoms with van der Waals surface area (Å²) in [7, 11) is 2.15. The molecule has 3 rings (SSSR count). The first-order valence-electron chi connectivity index (χ1n) is 9.81. The van der Waals surface area contributed by atoms with E-state index in [0.29, 0.717) is 10.2 Å². The third-order valence-corrected chi connectivity index (χ3v) is 5.86. The Kier molecular flexibility index (Phi) is 6.82. The fourth-order valence-corrected chi connectivity index (χ4v) is 4.03. The van der Waals surface area contributed by atoms with Crippen molar-refractivity contribution in [3.05, 3.63) is 53.6 Å². The van der Waals surface area contributed by atoms with E-state index in [-0.39, 0.29) is 22.4 Å². The largest absolute Gasteiger partial charge is 0.497 e. The molecule has 1 unspecified atom stereocenters. The van der Waals surface area contributed by atoms with Crippen molar-refractivity contribution in [1.29, 1.82) is 0 Å². The highest BCUT2D eigenvalue weighted by Gasteiger charge is 2.64. The average molecular weight is 481 g/mol. The van der Waals surface area contributed by atoms with Crippen molar-refractivity contribution >= 4 is 38.6 Å². The number of ether oxygens (including phenoxy) is 2. The zero-order valence-electron chi connectivity index (χ0n) is 18.2. The lowest BCUT2D eigenvalue weighted by Crippen LogP contribution is -2.69. The van der Waals surface area contributed by atoms with Crippen molar-refractivity contribution in [2.75, 3.05) is 19.5 Å². The van der Waals surface area contributed by atoms with E-state index in [1.165, 1.54) is 31.4 Å². The Bertz CT molecular complexity index is 1180. The van der Waals surface area contributed by atoms with Gasteiger partial charge < -0.3 is 20.1 Å². The van der Waals surface area contributed by atoms with Crippen LogP contribution in [-0.4, -0.2) is 42.9 Å². The molecule has 11 heteroatoms. The third-order valence-electron chi connectivity index (χ3n) is 4.92. The van der Waals surface area contributed by atoms with Crippen LogP contribution in [-0.2, 0) is 9.53 Å². The van der Waals surface area contributed by atoms with Gasteiger partial charge in [-0.3, -0.25) is 4.79 Å². The molecule has 0 saturated carbocycles. The minimum absolute atomic E-state index is 0.139. The van der Waals surface area contributed by atoms with Gasteiger partial charge >= 0.3 is 17.8 Å². The first-order valence-corrected chi connectivity index (χ1v) is 10.6. The molecule has 7 nitrogen and oxygen atoms in total. The van der Waals surface area contributed by atoms with E-state index in [0.717, 1.165) is 24.0 Å². The number of carbonyl (C=O) groups excluding carboxylic acids is 2. The molecule has 1 atom stereocenters. The quantitative estimate of drug-likeness (QED) is 0.376. The maximum Gasteiger partial charge on any atom is 0.442 e. The van der Waals surface area contributed by atoms with Gasteiger partial charge in [-0.1, -0.05) is 37.3 Å². The summed E-state index contributed by atoms with van der Waals surface area (Å²) < 4.78 is 53.0. The van der Waals surface area contributed by atoms with Gasteiger partial charge in [-0.05, 0) is 41.8 Å². The number of thiazole rings is 1. The van der Waals surface area contributed by atoms with E-state index in [9.17, 15) is 22.8 Å². The number of alkyl halides is 3. The molecule has 0 radical (unpaired) electrons. The molecule has 0 bridgehead atoms. The third kappa shape index (κ3) is 4.87. The molecule has 3 aromatic rings. The highest BCUT2D eigenvalue weighted by atomic mass is 32.1. The Morgan fingerprint density at radius 2 is 1.82 bits per heavy atom. The molecule has 0 aliphatic heterocycles. The number of methoxy groups -OCH3 is 2. The fourth-order valence-electron chi connectivity index (χ4n) is 3.06. The van der Waals surface area contributed by atoms with Crippen molar-refractivity contribution in [1.82, 2.24) is 10.3 Å². The van der Waals surface area contributed by atoms with Gasteiger partial charge in [-0.25, -0.2) is 9.78 Å². The van der Waals surface area contributed by atoms with Crippen molar-refractivity contribution in [2.24, 2.45) is 0 Å². The molecular formula is C22H22F3N3O4S. The zero-order chi connectivity index (χ0) is 24.4. The number of rotatable bonds is 7. The highest BCUT2D eigenvalue weighted by molar-refractivity contribution is 7.22. The van der Waals surface area contributed by atoms with Gasteiger partial charge in [0.15, 0.2) is 5.13 Å². The zero-order valence-corrected chi connectivity index (χ0v) is 19.1. The monoisotopic (exact) mass is 481 g/mol. The predicted molar refractivity (Wildman–Crippen MR) is 119 cm³/mol. The molecule has 1 amide bonds. The molecule has 1 aromatic heterocycles. The summed E-state index contributed by atoms with van der Waals surface area (Å²) in [5.74, 6) is -2.43. The minimum Gasteiger partial charge on any atom is -0.497 e. The smallest absolute Gasteiger partial charge is 0.442 e. The number of aromatic nitrogens is 1. The number of amides is 1. The second-order valence-corrected chi connectivity index (χ2v) is 8.48. The number of hydrogen-bond acceptors (Lipinski definition) is 7. The van der Waals surface area contributed by atoms with Crippen LogP contribution in [0.5, 0.6) is 5.75 Å². The summed E-state index contributed by atoms with van der Waals surface area (Å²) in [4.78, 5) is 29.4. The van der Waals surface area contributed by atoms with Crippen LogP contribution >= 0.6 is 11.3 Å². The molecule has 2 aromatic carbocycles. The molecule has 33 heavy (non-hydrogen) atoms. The van der Waals surface area contributed by atoms with Crippen molar-refractivity contribution in [3.63, 3.8) is 0 Å². The minimum atomic E-state index is -5.27. The number of nitrogens with zero attached hydrogens (tertiary/aromatic N) is 1. The Labute approximate surface area is 191 Å². The Morgan fingerprint density at radius 1 is 1.09 bits per heavy atom. The SMILES string of the molecule is COC(=O)C(NC(=O)c1cccc(OC)c1)(Nc1nc2ccc(C(C)C)cc2s1)C(F)(F)F. The first-order chi connectivity index (χ1) is 15.5. The van der Waals surface area contributed by atoms with E-state index in [1.807, 2.05) is 26.0 Å². The highest BCUT2D eigenvalue weighted by Crippen LogP contribution is 2.36. The Balaban J connectivity index is 2.04. The van der Waals surface area contributed by atoms with Crippen LogP contribution in [0.1, 0.15) is 35.7 Å². The number of hydrogen-bond donors (Lipinski definition) is 2. The van der Waals surface area contributed by atoms with E-state index < -0.39 is 23.7 Å². The van der Waals surface area contributed by atoms with Crippen LogP contribution < -0.4 is 15.4 Å². The lowest BCUT2D eigenvalue weighted by molar-refractivity contribution is -0.203. The van der Waals surface area contributed by atoms with E-state index in [2.05, 4.69) is 15.0 Å². The molecule has 0 aliphatic rings. The van der Waals surface area contributed by atoms with Crippen LogP contribution in [0.2, 0.25) is 0 Å². The van der Waals surface area contributed by atoms with Gasteiger partial charge in [0.2, 0.25) is 0 Å². The molecule has 176 valence electrons. The van der Waals surface area contributed by atoms with Gasteiger partial charge in [0.1, 0.15) is 5.75 Å². The lowest BCUT2D eigenvalue weighted by atomic mass is 10.0. The van der Waals surface area contributed by atoms with E-state index in [4.69, 9.17) is 4.74 Å². The van der Waals surface area contributed by atoms with Crippen LogP contribution in [0, 0.1) is 0 Å². The summed E-state index contributed by atoms with van der Waals surface area (Å²) in [5.41, 5.74) is -2.28. The number of nitrogens with one attached hydrogen (secondary N) is 2. The van der Waals surface area contributed by atoms with Crippen molar-refractivity contribution < 1.29 is 32.2 Å². The van der Waals surface area contributed by atoms with Gasteiger partial charge in [0.05, 0.1) is 24.4 Å². The summed E-state index contributed by atoms with van der Waals surface area (Å²) in [6, 6.07) is 10.9. The van der Waals surface area contributed by atoms with E-state index >= 15 is 0 Å². The number of esters is 1. The first kappa shape index (κ1) is 24.3. The summed E-state index contributed by atoms with van der Waals surface area (Å²) >= 11 is 0.927. The van der Waals surface area contributed by atoms with Crippen molar-refractivity contribution in [3.8, 4) is 5.75 Å². The standard InChI is InChI=1S/C22H22F3N3O4S/c1-12(2)13-8-9-16-17(11-13)33-20(26-16)28-21(19(30)32-4,22(23,24)25)27-18(29)14-6-5-7-15(10-14)31-3/h5-12H,1-4H3,(H,26,28)(H,27,29). The maximum atomic E-state index is 14.3. The van der Waals surface area contributed by atoms with Crippen LogP contribution in [0.15, 0.2) is 42.5 Å². The summed E-state index contributed by atoms with van der Waals surface area (Å²) in [6.07, 6.45) is -5.27. The second-order valence-electron chi connectivity index (χ2n) is 7.45.